The minimum absolute atomic E-state index is 0.0634. The van der Waals surface area contributed by atoms with Crippen molar-refractivity contribution in [2.75, 3.05) is 6.54 Å². The predicted octanol–water partition coefficient (Wildman–Crippen LogP) is 1.02. The molecule has 1 atom stereocenters. The van der Waals surface area contributed by atoms with E-state index in [9.17, 15) is 9.59 Å². The highest BCUT2D eigenvalue weighted by atomic mass is 16.2. The first kappa shape index (κ1) is 15.7. The Bertz CT molecular complexity index is 536. The van der Waals surface area contributed by atoms with Crippen LogP contribution in [0.4, 0.5) is 0 Å². The minimum atomic E-state index is -0.361. The topological polar surface area (TPSA) is 67.2 Å². The lowest BCUT2D eigenvalue weighted by atomic mass is 10.2. The van der Waals surface area contributed by atoms with E-state index in [4.69, 9.17) is 0 Å². The van der Waals surface area contributed by atoms with Crippen LogP contribution in [0, 0.1) is 13.8 Å². The Morgan fingerprint density at radius 3 is 2.62 bits per heavy atom. The van der Waals surface area contributed by atoms with E-state index in [1.807, 2.05) is 38.4 Å². The predicted molar refractivity (Wildman–Crippen MR) is 79.7 cm³/mol. The molecule has 1 unspecified atom stereocenters. The van der Waals surface area contributed by atoms with E-state index >= 15 is 0 Å². The number of imide groups is 1. The van der Waals surface area contributed by atoms with Gasteiger partial charge in [0.15, 0.2) is 0 Å². The number of nitrogens with zero attached hydrogens (tertiary/aromatic N) is 3. The third-order valence-corrected chi connectivity index (χ3v) is 3.74. The van der Waals surface area contributed by atoms with Crippen molar-refractivity contribution in [3.8, 4) is 0 Å². The van der Waals surface area contributed by atoms with Crippen molar-refractivity contribution >= 4 is 11.8 Å². The summed E-state index contributed by atoms with van der Waals surface area (Å²) in [5.74, 6) is -0.174. The number of aromatic nitrogens is 2. The number of nitrogens with one attached hydrogen (secondary N) is 1. The second kappa shape index (κ2) is 6.39. The molecular formula is C15H24N4O2. The molecule has 21 heavy (non-hydrogen) atoms. The normalized spacial score (nSPS) is 19.1. The van der Waals surface area contributed by atoms with Gasteiger partial charge < -0.3 is 5.32 Å². The van der Waals surface area contributed by atoms with Crippen molar-refractivity contribution in [3.05, 3.63) is 17.5 Å². The van der Waals surface area contributed by atoms with Crippen molar-refractivity contribution < 1.29 is 9.59 Å². The zero-order valence-electron chi connectivity index (χ0n) is 13.2. The SMILES string of the molecule is Cc1cc(C)n(CCCNC2CC(=O)N(C(C)C)C2=O)n1. The molecular weight excluding hydrogens is 268 g/mol. The average molecular weight is 292 g/mol. The summed E-state index contributed by atoms with van der Waals surface area (Å²) in [7, 11) is 0. The molecule has 1 saturated heterocycles. The Labute approximate surface area is 125 Å². The molecule has 0 saturated carbocycles. The summed E-state index contributed by atoms with van der Waals surface area (Å²) in [6.45, 7) is 9.25. The first-order chi connectivity index (χ1) is 9.90. The van der Waals surface area contributed by atoms with Crippen LogP contribution < -0.4 is 5.32 Å². The summed E-state index contributed by atoms with van der Waals surface area (Å²) in [4.78, 5) is 25.3. The smallest absolute Gasteiger partial charge is 0.247 e. The number of carbonyl (C=O) groups excluding carboxylic acids is 2. The zero-order valence-corrected chi connectivity index (χ0v) is 13.2. The van der Waals surface area contributed by atoms with Crippen LogP contribution in [-0.2, 0) is 16.1 Å². The molecule has 116 valence electrons. The largest absolute Gasteiger partial charge is 0.305 e. The third kappa shape index (κ3) is 3.50. The first-order valence-electron chi connectivity index (χ1n) is 7.50. The Morgan fingerprint density at radius 2 is 2.10 bits per heavy atom. The molecule has 1 N–H and O–H groups in total. The van der Waals surface area contributed by atoms with E-state index in [1.165, 1.54) is 4.90 Å². The molecule has 0 bridgehead atoms. The minimum Gasteiger partial charge on any atom is -0.305 e. The molecule has 1 aliphatic heterocycles. The first-order valence-corrected chi connectivity index (χ1v) is 7.50. The quantitative estimate of drug-likeness (QED) is 0.628. The molecule has 2 heterocycles. The summed E-state index contributed by atoms with van der Waals surface area (Å²) in [5.41, 5.74) is 2.16. The fraction of sp³-hybridized carbons (Fsp3) is 0.667. The number of rotatable bonds is 6. The summed E-state index contributed by atoms with van der Waals surface area (Å²) < 4.78 is 1.97. The van der Waals surface area contributed by atoms with Gasteiger partial charge in [-0.2, -0.15) is 5.10 Å². The van der Waals surface area contributed by atoms with Crippen molar-refractivity contribution in [2.45, 2.75) is 59.2 Å². The highest BCUT2D eigenvalue weighted by molar-refractivity contribution is 6.05. The van der Waals surface area contributed by atoms with E-state index in [0.29, 0.717) is 6.54 Å². The van der Waals surface area contributed by atoms with E-state index in [0.717, 1.165) is 24.4 Å². The zero-order chi connectivity index (χ0) is 15.6. The molecule has 0 spiro atoms. The van der Waals surface area contributed by atoms with Gasteiger partial charge in [0.05, 0.1) is 18.2 Å². The molecule has 0 radical (unpaired) electrons. The van der Waals surface area contributed by atoms with Gasteiger partial charge in [0.1, 0.15) is 0 Å². The molecule has 2 rings (SSSR count). The van der Waals surface area contributed by atoms with Gasteiger partial charge in [0.2, 0.25) is 11.8 Å². The second-order valence-corrected chi connectivity index (χ2v) is 5.91. The molecule has 0 aliphatic carbocycles. The summed E-state index contributed by atoms with van der Waals surface area (Å²) in [6, 6.07) is 1.62. The molecule has 0 aromatic carbocycles. The molecule has 6 nitrogen and oxygen atoms in total. The van der Waals surface area contributed by atoms with Gasteiger partial charge in [-0.15, -0.1) is 0 Å². The van der Waals surface area contributed by atoms with Crippen molar-refractivity contribution in [1.82, 2.24) is 20.0 Å². The van der Waals surface area contributed by atoms with Gasteiger partial charge in [0.25, 0.3) is 0 Å². The second-order valence-electron chi connectivity index (χ2n) is 5.91. The Morgan fingerprint density at radius 1 is 1.38 bits per heavy atom. The van der Waals surface area contributed by atoms with Gasteiger partial charge in [-0.1, -0.05) is 0 Å². The van der Waals surface area contributed by atoms with Crippen LogP contribution in [-0.4, -0.2) is 45.1 Å². The van der Waals surface area contributed by atoms with Gasteiger partial charge in [-0.3, -0.25) is 19.2 Å². The number of likely N-dealkylation sites (tertiary alicyclic amines) is 1. The maximum absolute atomic E-state index is 12.1. The van der Waals surface area contributed by atoms with Crippen LogP contribution in [0.1, 0.15) is 38.1 Å². The van der Waals surface area contributed by atoms with Gasteiger partial charge in [-0.25, -0.2) is 0 Å². The number of hydrogen-bond acceptors (Lipinski definition) is 4. The Hall–Kier alpha value is -1.69. The van der Waals surface area contributed by atoms with Gasteiger partial charge in [0, 0.05) is 18.3 Å². The Kier molecular flexibility index (Phi) is 4.77. The average Bonchev–Trinajstić information content (AvgIpc) is 2.85. The fourth-order valence-corrected chi connectivity index (χ4v) is 2.76. The summed E-state index contributed by atoms with van der Waals surface area (Å²) >= 11 is 0. The van der Waals surface area contributed by atoms with E-state index in [2.05, 4.69) is 10.4 Å². The maximum atomic E-state index is 12.1. The van der Waals surface area contributed by atoms with Crippen molar-refractivity contribution in [2.24, 2.45) is 0 Å². The molecule has 2 amide bonds. The number of aryl methyl sites for hydroxylation is 3. The lowest BCUT2D eigenvalue weighted by molar-refractivity contribution is -0.140. The number of carbonyl (C=O) groups is 2. The van der Waals surface area contributed by atoms with E-state index in [1.54, 1.807) is 0 Å². The van der Waals surface area contributed by atoms with Crippen LogP contribution in [0.2, 0.25) is 0 Å². The van der Waals surface area contributed by atoms with Crippen LogP contribution >= 0.6 is 0 Å². The molecule has 1 aliphatic rings. The van der Waals surface area contributed by atoms with Crippen molar-refractivity contribution in [3.63, 3.8) is 0 Å². The number of amides is 2. The van der Waals surface area contributed by atoms with E-state index in [-0.39, 0.29) is 30.3 Å². The van der Waals surface area contributed by atoms with E-state index < -0.39 is 0 Å². The third-order valence-electron chi connectivity index (χ3n) is 3.74. The highest BCUT2D eigenvalue weighted by Crippen LogP contribution is 2.16. The summed E-state index contributed by atoms with van der Waals surface area (Å²) in [5, 5.41) is 7.59. The standard InChI is InChI=1S/C15H24N4O2/c1-10(2)19-14(20)9-13(15(19)21)16-6-5-7-18-12(4)8-11(3)17-18/h8,10,13,16H,5-7,9H2,1-4H3. The van der Waals surface area contributed by atoms with Gasteiger partial charge in [-0.05, 0) is 46.7 Å². The Balaban J connectivity index is 1.78. The van der Waals surface area contributed by atoms with Crippen LogP contribution in [0.25, 0.3) is 0 Å². The van der Waals surface area contributed by atoms with Crippen LogP contribution in [0.5, 0.6) is 0 Å². The molecule has 1 fully saturated rings. The van der Waals surface area contributed by atoms with Gasteiger partial charge >= 0.3 is 0 Å². The molecule has 6 heteroatoms. The molecule has 1 aromatic heterocycles. The number of hydrogen-bond donors (Lipinski definition) is 1. The highest BCUT2D eigenvalue weighted by Gasteiger charge is 2.39. The van der Waals surface area contributed by atoms with Crippen molar-refractivity contribution in [1.29, 1.82) is 0 Å². The fourth-order valence-electron chi connectivity index (χ4n) is 2.76. The lowest BCUT2D eigenvalue weighted by Gasteiger charge is -2.19. The van der Waals surface area contributed by atoms with Crippen LogP contribution in [0.15, 0.2) is 6.07 Å². The van der Waals surface area contributed by atoms with Crippen LogP contribution in [0.3, 0.4) is 0 Å². The molecule has 1 aromatic rings. The lowest BCUT2D eigenvalue weighted by Crippen LogP contribution is -2.42. The maximum Gasteiger partial charge on any atom is 0.247 e. The monoisotopic (exact) mass is 292 g/mol. The summed E-state index contributed by atoms with van der Waals surface area (Å²) in [6.07, 6.45) is 1.15.